The van der Waals surface area contributed by atoms with Gasteiger partial charge in [-0.05, 0) is 38.6 Å². The Morgan fingerprint density at radius 2 is 2.21 bits per heavy atom. The summed E-state index contributed by atoms with van der Waals surface area (Å²) in [7, 11) is 2.18. The highest BCUT2D eigenvalue weighted by Gasteiger charge is 2.22. The van der Waals surface area contributed by atoms with Gasteiger partial charge in [0, 0.05) is 26.1 Å². The van der Waals surface area contributed by atoms with Crippen LogP contribution in [0.15, 0.2) is 18.3 Å². The van der Waals surface area contributed by atoms with Crippen molar-refractivity contribution in [1.82, 2.24) is 9.88 Å². The summed E-state index contributed by atoms with van der Waals surface area (Å²) >= 11 is 0. The highest BCUT2D eigenvalue weighted by molar-refractivity contribution is 5.92. The number of pyridine rings is 1. The Labute approximate surface area is 115 Å². The predicted octanol–water partition coefficient (Wildman–Crippen LogP) is 2.20. The molecule has 1 atom stereocenters. The first-order chi connectivity index (χ1) is 9.11. The number of nitrogens with zero attached hydrogens (tertiary/aromatic N) is 3. The van der Waals surface area contributed by atoms with Crippen molar-refractivity contribution in [3.8, 4) is 0 Å². The quantitative estimate of drug-likeness (QED) is 0.782. The number of ketones is 1. The molecular weight excluding hydrogens is 238 g/mol. The van der Waals surface area contributed by atoms with Gasteiger partial charge in [-0.15, -0.1) is 0 Å². The number of likely N-dealkylation sites (N-methyl/N-ethyl adjacent to an activating group) is 1. The van der Waals surface area contributed by atoms with Crippen LogP contribution < -0.4 is 4.90 Å². The summed E-state index contributed by atoms with van der Waals surface area (Å²) in [5, 5.41) is 0. The summed E-state index contributed by atoms with van der Waals surface area (Å²) in [5.74, 6) is 0.0224. The SMILES string of the molecule is CCC1CN(C)CCCN1c1ccc(C(C)=O)nc1. The zero-order valence-corrected chi connectivity index (χ0v) is 12.1. The molecule has 1 aliphatic rings. The summed E-state index contributed by atoms with van der Waals surface area (Å²) < 4.78 is 0. The molecule has 2 rings (SSSR count). The summed E-state index contributed by atoms with van der Waals surface area (Å²) in [6, 6.07) is 4.38. The van der Waals surface area contributed by atoms with Gasteiger partial charge in [-0.25, -0.2) is 0 Å². The first-order valence-electron chi connectivity index (χ1n) is 7.04. The predicted molar refractivity (Wildman–Crippen MR) is 77.8 cm³/mol. The fraction of sp³-hybridized carbons (Fsp3) is 0.600. The lowest BCUT2D eigenvalue weighted by Crippen LogP contribution is -2.39. The van der Waals surface area contributed by atoms with Crippen molar-refractivity contribution >= 4 is 11.5 Å². The molecule has 0 bridgehead atoms. The molecule has 0 spiro atoms. The minimum absolute atomic E-state index is 0.0224. The topological polar surface area (TPSA) is 36.4 Å². The molecule has 4 heteroatoms. The van der Waals surface area contributed by atoms with E-state index in [-0.39, 0.29) is 5.78 Å². The molecule has 0 saturated carbocycles. The largest absolute Gasteiger partial charge is 0.366 e. The Balaban J connectivity index is 2.20. The number of aromatic nitrogens is 1. The van der Waals surface area contributed by atoms with Crippen molar-refractivity contribution in [3.05, 3.63) is 24.0 Å². The molecule has 1 saturated heterocycles. The molecule has 1 fully saturated rings. The van der Waals surface area contributed by atoms with Crippen molar-refractivity contribution in [2.75, 3.05) is 31.6 Å². The van der Waals surface area contributed by atoms with E-state index >= 15 is 0 Å². The fourth-order valence-corrected chi connectivity index (χ4v) is 2.70. The smallest absolute Gasteiger partial charge is 0.178 e. The molecule has 1 aromatic heterocycles. The second-order valence-electron chi connectivity index (χ2n) is 5.33. The molecular formula is C15H23N3O. The van der Waals surface area contributed by atoms with E-state index in [0.29, 0.717) is 11.7 Å². The Bertz CT molecular complexity index is 430. The Morgan fingerprint density at radius 3 is 2.79 bits per heavy atom. The van der Waals surface area contributed by atoms with Crippen LogP contribution in [-0.2, 0) is 0 Å². The standard InChI is InChI=1S/C15H23N3O/c1-4-13-11-17(3)8-5-9-18(13)14-6-7-15(12(2)19)16-10-14/h6-7,10,13H,4-5,8-9,11H2,1-3H3. The third-order valence-corrected chi connectivity index (χ3v) is 3.81. The van der Waals surface area contributed by atoms with Crippen LogP contribution in [0.3, 0.4) is 0 Å². The molecule has 4 nitrogen and oxygen atoms in total. The third-order valence-electron chi connectivity index (χ3n) is 3.81. The number of Topliss-reactive ketones (excluding diaryl/α,β-unsaturated/α-hetero) is 1. The molecule has 0 amide bonds. The number of rotatable bonds is 3. The van der Waals surface area contributed by atoms with E-state index in [4.69, 9.17) is 0 Å². The zero-order valence-electron chi connectivity index (χ0n) is 12.1. The van der Waals surface area contributed by atoms with Crippen molar-refractivity contribution in [1.29, 1.82) is 0 Å². The van der Waals surface area contributed by atoms with E-state index in [1.54, 1.807) is 6.92 Å². The van der Waals surface area contributed by atoms with Crippen LogP contribution in [0.5, 0.6) is 0 Å². The van der Waals surface area contributed by atoms with E-state index in [9.17, 15) is 4.79 Å². The lowest BCUT2D eigenvalue weighted by Gasteiger charge is -2.32. The number of carbonyl (C=O) groups excluding carboxylic acids is 1. The summed E-state index contributed by atoms with van der Waals surface area (Å²) in [4.78, 5) is 20.4. The maximum Gasteiger partial charge on any atom is 0.178 e. The zero-order chi connectivity index (χ0) is 13.8. The maximum absolute atomic E-state index is 11.3. The highest BCUT2D eigenvalue weighted by atomic mass is 16.1. The van der Waals surface area contributed by atoms with Crippen LogP contribution >= 0.6 is 0 Å². The van der Waals surface area contributed by atoms with Crippen LogP contribution in [0.1, 0.15) is 37.2 Å². The van der Waals surface area contributed by atoms with Gasteiger partial charge >= 0.3 is 0 Å². The van der Waals surface area contributed by atoms with Crippen LogP contribution in [0.25, 0.3) is 0 Å². The molecule has 1 aromatic rings. The van der Waals surface area contributed by atoms with Gasteiger partial charge in [0.2, 0.25) is 0 Å². The Kier molecular flexibility index (Phi) is 4.53. The van der Waals surface area contributed by atoms with Gasteiger partial charge in [0.25, 0.3) is 0 Å². The lowest BCUT2D eigenvalue weighted by molar-refractivity contribution is 0.101. The van der Waals surface area contributed by atoms with E-state index in [1.165, 1.54) is 6.42 Å². The van der Waals surface area contributed by atoms with Gasteiger partial charge < -0.3 is 9.80 Å². The van der Waals surface area contributed by atoms with Gasteiger partial charge in [-0.3, -0.25) is 9.78 Å². The van der Waals surface area contributed by atoms with Crippen LogP contribution in [0.4, 0.5) is 5.69 Å². The second kappa shape index (κ2) is 6.15. The fourth-order valence-electron chi connectivity index (χ4n) is 2.70. The molecule has 2 heterocycles. The van der Waals surface area contributed by atoms with Crippen molar-refractivity contribution < 1.29 is 4.79 Å². The molecule has 0 radical (unpaired) electrons. The summed E-state index contributed by atoms with van der Waals surface area (Å²) in [6.45, 7) is 7.08. The van der Waals surface area contributed by atoms with Gasteiger partial charge in [-0.1, -0.05) is 6.92 Å². The minimum Gasteiger partial charge on any atom is -0.366 e. The second-order valence-corrected chi connectivity index (χ2v) is 5.33. The van der Waals surface area contributed by atoms with Crippen LogP contribution in [0.2, 0.25) is 0 Å². The molecule has 104 valence electrons. The highest BCUT2D eigenvalue weighted by Crippen LogP contribution is 2.21. The third kappa shape index (κ3) is 3.32. The maximum atomic E-state index is 11.3. The molecule has 0 aromatic carbocycles. The molecule has 19 heavy (non-hydrogen) atoms. The van der Waals surface area contributed by atoms with Crippen LogP contribution in [0, 0.1) is 0 Å². The van der Waals surface area contributed by atoms with Crippen molar-refractivity contribution in [3.63, 3.8) is 0 Å². The average Bonchev–Trinajstić information content (AvgIpc) is 2.60. The van der Waals surface area contributed by atoms with Gasteiger partial charge in [0.15, 0.2) is 5.78 Å². The van der Waals surface area contributed by atoms with E-state index in [2.05, 4.69) is 28.8 Å². The number of hydrogen-bond acceptors (Lipinski definition) is 4. The van der Waals surface area contributed by atoms with Crippen molar-refractivity contribution in [2.45, 2.75) is 32.7 Å². The average molecular weight is 261 g/mol. The normalized spacial score (nSPS) is 21.2. The Morgan fingerprint density at radius 1 is 1.42 bits per heavy atom. The summed E-state index contributed by atoms with van der Waals surface area (Å²) in [6.07, 6.45) is 4.13. The number of anilines is 1. The van der Waals surface area contributed by atoms with Crippen molar-refractivity contribution in [2.24, 2.45) is 0 Å². The van der Waals surface area contributed by atoms with E-state index < -0.39 is 0 Å². The lowest BCUT2D eigenvalue weighted by atomic mass is 10.1. The molecule has 1 unspecified atom stereocenters. The van der Waals surface area contributed by atoms with Crippen LogP contribution in [-0.4, -0.2) is 48.4 Å². The van der Waals surface area contributed by atoms with Gasteiger partial charge in [0.1, 0.15) is 5.69 Å². The summed E-state index contributed by atoms with van der Waals surface area (Å²) in [5.41, 5.74) is 1.68. The minimum atomic E-state index is 0.0224. The number of hydrogen-bond donors (Lipinski definition) is 0. The number of carbonyl (C=O) groups is 1. The van der Waals surface area contributed by atoms with Gasteiger partial charge in [-0.2, -0.15) is 0 Å². The Hall–Kier alpha value is -1.42. The van der Waals surface area contributed by atoms with Gasteiger partial charge in [0.05, 0.1) is 11.9 Å². The van der Waals surface area contributed by atoms with E-state index in [1.807, 2.05) is 18.3 Å². The molecule has 1 aliphatic heterocycles. The molecule has 0 N–H and O–H groups in total. The van der Waals surface area contributed by atoms with E-state index in [0.717, 1.165) is 31.7 Å². The first kappa shape index (κ1) is 14.0. The molecule has 0 aliphatic carbocycles. The monoisotopic (exact) mass is 261 g/mol. The first-order valence-corrected chi connectivity index (χ1v) is 7.04.